The van der Waals surface area contributed by atoms with E-state index in [-0.39, 0.29) is 17.2 Å². The Morgan fingerprint density at radius 2 is 2.19 bits per heavy atom. The molecule has 0 unspecified atom stereocenters. The number of para-hydroxylation sites is 1. The highest BCUT2D eigenvalue weighted by Crippen LogP contribution is 2.17. The number of hydrogen-bond acceptors (Lipinski definition) is 3. The van der Waals surface area contributed by atoms with E-state index in [0.29, 0.717) is 5.82 Å². The van der Waals surface area contributed by atoms with Crippen LogP contribution < -0.4 is 5.32 Å². The standard InChI is InChI=1S/C11H11N3O2/c1-7-6-10(14-13-7)12-11(16)8-4-2-3-5-9(8)15/h2-6,15H,1H3,(H2,12,13,14,16). The molecule has 0 aliphatic heterocycles. The molecule has 0 bridgehead atoms. The largest absolute Gasteiger partial charge is 0.507 e. The van der Waals surface area contributed by atoms with Crippen LogP contribution in [0.15, 0.2) is 30.3 Å². The lowest BCUT2D eigenvalue weighted by Gasteiger charge is -2.03. The van der Waals surface area contributed by atoms with Gasteiger partial charge >= 0.3 is 0 Å². The van der Waals surface area contributed by atoms with Gasteiger partial charge in [0.2, 0.25) is 0 Å². The summed E-state index contributed by atoms with van der Waals surface area (Å²) in [7, 11) is 0. The lowest BCUT2D eigenvalue weighted by Crippen LogP contribution is -2.12. The SMILES string of the molecule is Cc1cc(NC(=O)c2ccccc2O)n[nH]1. The van der Waals surface area contributed by atoms with E-state index in [2.05, 4.69) is 15.5 Å². The van der Waals surface area contributed by atoms with Crippen LogP contribution in [-0.2, 0) is 0 Å². The highest BCUT2D eigenvalue weighted by Gasteiger charge is 2.11. The maximum atomic E-state index is 11.7. The maximum Gasteiger partial charge on any atom is 0.260 e. The number of amides is 1. The van der Waals surface area contributed by atoms with Gasteiger partial charge in [-0.2, -0.15) is 5.10 Å². The quantitative estimate of drug-likeness (QED) is 0.716. The third-order valence-corrected chi connectivity index (χ3v) is 2.10. The van der Waals surface area contributed by atoms with E-state index in [1.807, 2.05) is 6.92 Å². The lowest BCUT2D eigenvalue weighted by molar-refractivity contribution is 0.102. The van der Waals surface area contributed by atoms with E-state index >= 15 is 0 Å². The summed E-state index contributed by atoms with van der Waals surface area (Å²) < 4.78 is 0. The van der Waals surface area contributed by atoms with Crippen LogP contribution in [0.25, 0.3) is 0 Å². The van der Waals surface area contributed by atoms with Gasteiger partial charge in [-0.1, -0.05) is 12.1 Å². The van der Waals surface area contributed by atoms with Crippen LogP contribution >= 0.6 is 0 Å². The minimum atomic E-state index is -0.385. The topological polar surface area (TPSA) is 78.0 Å². The highest BCUT2D eigenvalue weighted by molar-refractivity contribution is 6.05. The number of phenols is 1. The summed E-state index contributed by atoms with van der Waals surface area (Å²) in [6, 6.07) is 8.06. The zero-order chi connectivity index (χ0) is 11.5. The first-order chi connectivity index (χ1) is 7.66. The van der Waals surface area contributed by atoms with Gasteiger partial charge in [0.25, 0.3) is 5.91 Å². The fraction of sp³-hybridized carbons (Fsp3) is 0.0909. The molecule has 5 nitrogen and oxygen atoms in total. The van der Waals surface area contributed by atoms with Crippen molar-refractivity contribution in [1.29, 1.82) is 0 Å². The number of phenolic OH excluding ortho intramolecular Hbond substituents is 1. The van der Waals surface area contributed by atoms with Crippen molar-refractivity contribution in [2.75, 3.05) is 5.32 Å². The van der Waals surface area contributed by atoms with Gasteiger partial charge in [0, 0.05) is 11.8 Å². The maximum absolute atomic E-state index is 11.7. The fourth-order valence-electron chi connectivity index (χ4n) is 1.33. The zero-order valence-electron chi connectivity index (χ0n) is 8.69. The van der Waals surface area contributed by atoms with E-state index in [1.165, 1.54) is 6.07 Å². The van der Waals surface area contributed by atoms with Crippen molar-refractivity contribution in [1.82, 2.24) is 10.2 Å². The molecule has 2 aromatic rings. The molecule has 82 valence electrons. The Labute approximate surface area is 92.1 Å². The number of benzene rings is 1. The van der Waals surface area contributed by atoms with E-state index in [0.717, 1.165) is 5.69 Å². The molecule has 0 saturated heterocycles. The molecule has 0 fully saturated rings. The molecule has 16 heavy (non-hydrogen) atoms. The number of rotatable bonds is 2. The summed E-state index contributed by atoms with van der Waals surface area (Å²) in [5, 5.41) is 18.6. The van der Waals surface area contributed by atoms with Gasteiger partial charge in [0.1, 0.15) is 5.75 Å². The highest BCUT2D eigenvalue weighted by atomic mass is 16.3. The molecule has 0 aliphatic carbocycles. The summed E-state index contributed by atoms with van der Waals surface area (Å²) in [5.41, 5.74) is 1.08. The number of aromatic nitrogens is 2. The Morgan fingerprint density at radius 1 is 1.44 bits per heavy atom. The Balaban J connectivity index is 2.18. The monoisotopic (exact) mass is 217 g/mol. The van der Waals surface area contributed by atoms with E-state index in [4.69, 9.17) is 0 Å². The molecule has 1 heterocycles. The normalized spacial score (nSPS) is 10.1. The zero-order valence-corrected chi connectivity index (χ0v) is 8.69. The average molecular weight is 217 g/mol. The molecule has 0 aliphatic rings. The number of aromatic amines is 1. The molecule has 5 heteroatoms. The summed E-state index contributed by atoms with van der Waals surface area (Å²) in [5.74, 6) is 0.00242. The average Bonchev–Trinajstić information content (AvgIpc) is 2.64. The molecule has 0 saturated carbocycles. The van der Waals surface area contributed by atoms with Gasteiger partial charge in [0.15, 0.2) is 5.82 Å². The fourth-order valence-corrected chi connectivity index (χ4v) is 1.33. The number of H-pyrrole nitrogens is 1. The van der Waals surface area contributed by atoms with Crippen molar-refractivity contribution in [3.63, 3.8) is 0 Å². The van der Waals surface area contributed by atoms with Crippen LogP contribution in [0, 0.1) is 6.92 Å². The lowest BCUT2D eigenvalue weighted by atomic mass is 10.2. The second-order valence-electron chi connectivity index (χ2n) is 3.41. The van der Waals surface area contributed by atoms with Gasteiger partial charge in [-0.05, 0) is 19.1 Å². The number of carbonyl (C=O) groups excluding carboxylic acids is 1. The van der Waals surface area contributed by atoms with Gasteiger partial charge in [0.05, 0.1) is 5.56 Å². The molecule has 1 aromatic heterocycles. The number of carbonyl (C=O) groups is 1. The first-order valence-electron chi connectivity index (χ1n) is 4.78. The molecule has 2 rings (SSSR count). The number of aromatic hydroxyl groups is 1. The molecule has 3 N–H and O–H groups in total. The number of nitrogens with one attached hydrogen (secondary N) is 2. The molecule has 0 radical (unpaired) electrons. The summed E-state index contributed by atoms with van der Waals surface area (Å²) >= 11 is 0. The van der Waals surface area contributed by atoms with Crippen LogP contribution in [0.4, 0.5) is 5.82 Å². The van der Waals surface area contributed by atoms with Crippen LogP contribution in [0.1, 0.15) is 16.1 Å². The molecule has 1 aromatic carbocycles. The molecular formula is C11H11N3O2. The predicted molar refractivity (Wildman–Crippen MR) is 59.4 cm³/mol. The van der Waals surface area contributed by atoms with Crippen molar-refractivity contribution in [2.24, 2.45) is 0 Å². The van der Waals surface area contributed by atoms with Gasteiger partial charge in [-0.25, -0.2) is 0 Å². The van der Waals surface area contributed by atoms with Crippen LogP contribution in [-0.4, -0.2) is 21.2 Å². The van der Waals surface area contributed by atoms with Crippen molar-refractivity contribution in [3.05, 3.63) is 41.6 Å². The number of nitrogens with zero attached hydrogens (tertiary/aromatic N) is 1. The number of anilines is 1. The van der Waals surface area contributed by atoms with E-state index in [1.54, 1.807) is 24.3 Å². The molecule has 1 amide bonds. The molecular weight excluding hydrogens is 206 g/mol. The smallest absolute Gasteiger partial charge is 0.260 e. The van der Waals surface area contributed by atoms with Gasteiger partial charge in [-0.15, -0.1) is 0 Å². The third-order valence-electron chi connectivity index (χ3n) is 2.10. The number of hydrogen-bond donors (Lipinski definition) is 3. The Kier molecular flexibility index (Phi) is 2.59. The van der Waals surface area contributed by atoms with Gasteiger partial charge < -0.3 is 10.4 Å². The minimum absolute atomic E-state index is 0.0488. The van der Waals surface area contributed by atoms with Crippen molar-refractivity contribution in [2.45, 2.75) is 6.92 Å². The minimum Gasteiger partial charge on any atom is -0.507 e. The van der Waals surface area contributed by atoms with Crippen LogP contribution in [0.5, 0.6) is 5.75 Å². The van der Waals surface area contributed by atoms with Crippen molar-refractivity contribution >= 4 is 11.7 Å². The van der Waals surface area contributed by atoms with Gasteiger partial charge in [-0.3, -0.25) is 9.89 Å². The first kappa shape index (κ1) is 10.2. The summed E-state index contributed by atoms with van der Waals surface area (Å²) in [6.45, 7) is 1.84. The summed E-state index contributed by atoms with van der Waals surface area (Å²) in [4.78, 5) is 11.7. The van der Waals surface area contributed by atoms with Crippen LogP contribution in [0.2, 0.25) is 0 Å². The Bertz CT molecular complexity index is 519. The Morgan fingerprint density at radius 3 is 2.81 bits per heavy atom. The predicted octanol–water partition coefficient (Wildman–Crippen LogP) is 1.68. The first-order valence-corrected chi connectivity index (χ1v) is 4.78. The van der Waals surface area contributed by atoms with E-state index < -0.39 is 0 Å². The second-order valence-corrected chi connectivity index (χ2v) is 3.41. The van der Waals surface area contributed by atoms with E-state index in [9.17, 15) is 9.90 Å². The summed E-state index contributed by atoms with van der Waals surface area (Å²) in [6.07, 6.45) is 0. The molecule has 0 spiro atoms. The van der Waals surface area contributed by atoms with Crippen LogP contribution in [0.3, 0.4) is 0 Å². The molecule has 0 atom stereocenters. The van der Waals surface area contributed by atoms with Crippen molar-refractivity contribution in [3.8, 4) is 5.75 Å². The van der Waals surface area contributed by atoms with Crippen molar-refractivity contribution < 1.29 is 9.90 Å². The Hall–Kier alpha value is -2.30. The third kappa shape index (κ3) is 2.03. The number of aryl methyl sites for hydroxylation is 1. The second kappa shape index (κ2) is 4.06.